The number of nitrogens with one attached hydrogen (secondary N) is 1. The summed E-state index contributed by atoms with van der Waals surface area (Å²) in [6.07, 6.45) is 11.9. The first-order valence-electron chi connectivity index (χ1n) is 6.27. The second kappa shape index (κ2) is 24.1. The van der Waals surface area contributed by atoms with E-state index in [0.717, 1.165) is 12.8 Å². The molecule has 88 valence electrons. The second-order valence-electron chi connectivity index (χ2n) is 3.72. The average molecular weight is 224 g/mol. The van der Waals surface area contributed by atoms with Gasteiger partial charge in [-0.2, -0.15) is 13.0 Å². The van der Waals surface area contributed by atoms with Crippen molar-refractivity contribution >= 4 is 23.1 Å². The molecule has 0 saturated heterocycles. The van der Waals surface area contributed by atoms with Gasteiger partial charge >= 0.3 is 23.1 Å². The van der Waals surface area contributed by atoms with Crippen molar-refractivity contribution in [3.8, 4) is 0 Å². The number of hydrogen-bond donors (Lipinski definition) is 0. The molecule has 0 radical (unpaired) electrons. The molecular formula is C13H29MgN. The van der Waals surface area contributed by atoms with Crippen molar-refractivity contribution in [1.29, 1.82) is 0 Å². The summed E-state index contributed by atoms with van der Waals surface area (Å²) in [4.78, 5) is 0. The topological polar surface area (TPSA) is 23.8 Å². The molecule has 0 spiro atoms. The minimum absolute atomic E-state index is 0. The molecule has 0 aromatic heterocycles. The zero-order chi connectivity index (χ0) is 11.1. The van der Waals surface area contributed by atoms with Crippen LogP contribution in [0.3, 0.4) is 0 Å². The number of rotatable bonds is 8. The van der Waals surface area contributed by atoms with Crippen LogP contribution in [-0.2, 0) is 0 Å². The summed E-state index contributed by atoms with van der Waals surface area (Å²) in [7, 11) is 0. The van der Waals surface area contributed by atoms with Gasteiger partial charge in [-0.1, -0.05) is 65.2 Å². The molecule has 0 saturated carbocycles. The summed E-state index contributed by atoms with van der Waals surface area (Å²) >= 11 is 0. The third-order valence-corrected chi connectivity index (χ3v) is 2.10. The maximum atomic E-state index is 6.45. The van der Waals surface area contributed by atoms with Gasteiger partial charge in [0.1, 0.15) is 0 Å². The first kappa shape index (κ1) is 21.1. The predicted molar refractivity (Wildman–Crippen MR) is 73.2 cm³/mol. The van der Waals surface area contributed by atoms with Gasteiger partial charge in [-0.25, -0.2) is 0 Å². The molecule has 0 aliphatic rings. The van der Waals surface area contributed by atoms with E-state index < -0.39 is 0 Å². The Morgan fingerprint density at radius 3 is 1.53 bits per heavy atom. The van der Waals surface area contributed by atoms with Crippen molar-refractivity contribution in [1.82, 2.24) is 0 Å². The van der Waals surface area contributed by atoms with E-state index in [1.165, 1.54) is 44.9 Å². The molecule has 1 N–H and O–H groups in total. The molecular weight excluding hydrogens is 194 g/mol. The quantitative estimate of drug-likeness (QED) is 0.313. The Hall–Kier alpha value is 0.726. The molecule has 1 nitrogen and oxygen atoms in total. The first-order valence-corrected chi connectivity index (χ1v) is 6.27. The van der Waals surface area contributed by atoms with Gasteiger partial charge in [-0.05, 0) is 0 Å². The number of unbranched alkanes of at least 4 members (excludes halogenated alkanes) is 7. The van der Waals surface area contributed by atoms with Crippen molar-refractivity contribution < 1.29 is 0 Å². The Bertz CT molecular complexity index is 66.9. The predicted octanol–water partition coefficient (Wildman–Crippen LogP) is 5.03. The zero-order valence-corrected chi connectivity index (χ0v) is 12.4. The largest absolute Gasteiger partial charge is 2.00 e. The van der Waals surface area contributed by atoms with E-state index >= 15 is 0 Å². The van der Waals surface area contributed by atoms with Crippen LogP contribution in [0.25, 0.3) is 5.73 Å². The van der Waals surface area contributed by atoms with Crippen molar-refractivity contribution in [3.63, 3.8) is 0 Å². The Kier molecular flexibility index (Phi) is 33.9. The first-order chi connectivity index (χ1) is 6.83. The van der Waals surface area contributed by atoms with Gasteiger partial charge in [0.2, 0.25) is 0 Å². The normalized spacial score (nSPS) is 8.80. The molecule has 0 amide bonds. The van der Waals surface area contributed by atoms with Gasteiger partial charge in [0.25, 0.3) is 0 Å². The van der Waals surface area contributed by atoms with Crippen LogP contribution in [0.1, 0.15) is 71.6 Å². The molecule has 0 atom stereocenters. The maximum absolute atomic E-state index is 6.45. The summed E-state index contributed by atoms with van der Waals surface area (Å²) in [5.41, 5.74) is 6.45. The van der Waals surface area contributed by atoms with E-state index in [2.05, 4.69) is 13.8 Å². The summed E-state index contributed by atoms with van der Waals surface area (Å²) in [5.74, 6) is 0. The Labute approximate surface area is 114 Å². The van der Waals surface area contributed by atoms with E-state index in [1.807, 2.05) is 6.92 Å². The van der Waals surface area contributed by atoms with Crippen LogP contribution < -0.4 is 0 Å². The average Bonchev–Trinajstić information content (AvgIpc) is 2.24. The van der Waals surface area contributed by atoms with Crippen LogP contribution in [0, 0.1) is 6.92 Å². The van der Waals surface area contributed by atoms with Crippen LogP contribution in [-0.4, -0.2) is 29.6 Å². The minimum Gasteiger partial charge on any atom is -0.677 e. The van der Waals surface area contributed by atoms with Gasteiger partial charge in [0.15, 0.2) is 0 Å². The molecule has 0 aliphatic carbocycles. The van der Waals surface area contributed by atoms with Crippen molar-refractivity contribution in [2.24, 2.45) is 0 Å². The Balaban J connectivity index is -0.000000249. The van der Waals surface area contributed by atoms with E-state index in [1.54, 1.807) is 0 Å². The second-order valence-corrected chi connectivity index (χ2v) is 3.72. The fraction of sp³-hybridized carbons (Fsp3) is 0.923. The minimum atomic E-state index is 0. The van der Waals surface area contributed by atoms with Gasteiger partial charge in [0, 0.05) is 0 Å². The smallest absolute Gasteiger partial charge is 0.677 e. The van der Waals surface area contributed by atoms with E-state index in [9.17, 15) is 0 Å². The molecule has 0 fully saturated rings. The van der Waals surface area contributed by atoms with Gasteiger partial charge < -0.3 is 12.7 Å². The molecule has 0 aromatic carbocycles. The molecule has 0 unspecified atom stereocenters. The molecule has 0 aliphatic heterocycles. The van der Waals surface area contributed by atoms with Crippen molar-refractivity contribution in [3.05, 3.63) is 12.7 Å². The third kappa shape index (κ3) is 31.3. The maximum Gasteiger partial charge on any atom is 2.00 e. The van der Waals surface area contributed by atoms with Gasteiger partial charge in [-0.15, -0.1) is 0 Å². The summed E-state index contributed by atoms with van der Waals surface area (Å²) in [6, 6.07) is 0. The summed E-state index contributed by atoms with van der Waals surface area (Å²) in [6.45, 7) is 8.64. The number of hydrogen-bond acceptors (Lipinski definition) is 0. The van der Waals surface area contributed by atoms with E-state index in [-0.39, 0.29) is 23.1 Å². The van der Waals surface area contributed by atoms with Crippen LogP contribution >= 0.6 is 0 Å². The van der Waals surface area contributed by atoms with Crippen LogP contribution in [0.4, 0.5) is 0 Å². The van der Waals surface area contributed by atoms with Crippen molar-refractivity contribution in [2.75, 3.05) is 6.54 Å². The van der Waals surface area contributed by atoms with Crippen LogP contribution in [0.15, 0.2) is 0 Å². The molecule has 2 heteroatoms. The van der Waals surface area contributed by atoms with Gasteiger partial charge in [-0.3, -0.25) is 0 Å². The van der Waals surface area contributed by atoms with E-state index in [4.69, 9.17) is 5.73 Å². The van der Waals surface area contributed by atoms with Crippen LogP contribution in [0.5, 0.6) is 0 Å². The zero-order valence-electron chi connectivity index (χ0n) is 11.0. The molecule has 15 heavy (non-hydrogen) atoms. The molecule has 0 rings (SSSR count). The Morgan fingerprint density at radius 2 is 1.20 bits per heavy atom. The van der Waals surface area contributed by atoms with Gasteiger partial charge in [0.05, 0.1) is 0 Å². The van der Waals surface area contributed by atoms with Crippen molar-refractivity contribution in [2.45, 2.75) is 71.6 Å². The monoisotopic (exact) mass is 223 g/mol. The molecule has 0 heterocycles. The molecule has 0 bridgehead atoms. The summed E-state index contributed by atoms with van der Waals surface area (Å²) in [5, 5.41) is 0. The van der Waals surface area contributed by atoms with E-state index in [0.29, 0.717) is 6.54 Å². The van der Waals surface area contributed by atoms with Crippen LogP contribution in [0.2, 0.25) is 0 Å². The molecule has 0 aromatic rings. The standard InChI is InChI=1S/C10H21.C3H8N.Mg/c1-3-5-7-9-10-8-6-4-2;1-2-3-4;/h1,3-10H2,2H3;4H,2-3H2,1H3;/q2*-1;+2. The fourth-order valence-corrected chi connectivity index (χ4v) is 1.13. The fourth-order valence-electron chi connectivity index (χ4n) is 1.13. The Morgan fingerprint density at radius 1 is 0.800 bits per heavy atom. The SMILES string of the molecule is CCC[NH-].[CH2-]CCCCCCCCC.[Mg+2]. The third-order valence-electron chi connectivity index (χ3n) is 2.10. The summed E-state index contributed by atoms with van der Waals surface area (Å²) < 4.78 is 0.